The number of hydrogen-bond acceptors (Lipinski definition) is 5. The lowest BCUT2D eigenvalue weighted by atomic mass is 10.0. The third-order valence-corrected chi connectivity index (χ3v) is 7.25. The Hall–Kier alpha value is -2.58. The minimum Gasteiger partial charge on any atom is -0.492 e. The number of benzene rings is 2. The van der Waals surface area contributed by atoms with Crippen LogP contribution in [0.3, 0.4) is 0 Å². The van der Waals surface area contributed by atoms with Crippen molar-refractivity contribution < 1.29 is 17.9 Å². The zero-order valence-corrected chi connectivity index (χ0v) is 17.2. The Kier molecular flexibility index (Phi) is 5.47. The van der Waals surface area contributed by atoms with Gasteiger partial charge in [0.2, 0.25) is 15.9 Å². The predicted octanol–water partition coefficient (Wildman–Crippen LogP) is 2.48. The van der Waals surface area contributed by atoms with Gasteiger partial charge in [0.15, 0.2) is 0 Å². The molecule has 0 saturated carbocycles. The van der Waals surface area contributed by atoms with Crippen molar-refractivity contribution in [2.24, 2.45) is 0 Å². The average molecular weight is 416 g/mol. The summed E-state index contributed by atoms with van der Waals surface area (Å²) in [4.78, 5) is 14.0. The maximum Gasteiger partial charge on any atom is 0.243 e. The predicted molar refractivity (Wildman–Crippen MR) is 112 cm³/mol. The SMILES string of the molecule is CCOc1ccccc1N1CCN(S(=O)(=O)c2ccc3c(c2)CCC(=O)N3)CC1. The number of ether oxygens (including phenoxy) is 1. The van der Waals surface area contributed by atoms with E-state index >= 15 is 0 Å². The topological polar surface area (TPSA) is 79.0 Å². The first-order valence-corrected chi connectivity index (χ1v) is 11.3. The largest absolute Gasteiger partial charge is 0.492 e. The van der Waals surface area contributed by atoms with E-state index in [1.165, 1.54) is 4.31 Å². The molecule has 2 aromatic rings. The molecule has 0 atom stereocenters. The van der Waals surface area contributed by atoms with E-state index < -0.39 is 10.0 Å². The molecule has 0 aromatic heterocycles. The van der Waals surface area contributed by atoms with E-state index in [1.807, 2.05) is 31.2 Å². The summed E-state index contributed by atoms with van der Waals surface area (Å²) in [7, 11) is -3.57. The van der Waals surface area contributed by atoms with Gasteiger partial charge in [0, 0.05) is 38.3 Å². The highest BCUT2D eigenvalue weighted by atomic mass is 32.2. The van der Waals surface area contributed by atoms with Crippen molar-refractivity contribution in [3.63, 3.8) is 0 Å². The molecule has 4 rings (SSSR count). The second-order valence-electron chi connectivity index (χ2n) is 7.16. The van der Waals surface area contributed by atoms with Crippen LogP contribution in [0.2, 0.25) is 0 Å². The van der Waals surface area contributed by atoms with E-state index in [0.29, 0.717) is 51.3 Å². The van der Waals surface area contributed by atoms with Crippen molar-refractivity contribution in [2.75, 3.05) is 43.0 Å². The number of carbonyl (C=O) groups excluding carboxylic acids is 1. The Balaban J connectivity index is 1.49. The molecule has 0 aliphatic carbocycles. The molecule has 0 unspecified atom stereocenters. The highest BCUT2D eigenvalue weighted by Gasteiger charge is 2.30. The van der Waals surface area contributed by atoms with E-state index in [9.17, 15) is 13.2 Å². The van der Waals surface area contributed by atoms with Gasteiger partial charge in [-0.05, 0) is 49.2 Å². The fraction of sp³-hybridized carbons (Fsp3) is 0.381. The van der Waals surface area contributed by atoms with Crippen LogP contribution < -0.4 is 15.0 Å². The number of fused-ring (bicyclic) bond motifs is 1. The fourth-order valence-corrected chi connectivity index (χ4v) is 5.31. The summed E-state index contributed by atoms with van der Waals surface area (Å²) >= 11 is 0. The van der Waals surface area contributed by atoms with Crippen LogP contribution in [0.5, 0.6) is 5.75 Å². The van der Waals surface area contributed by atoms with Crippen LogP contribution >= 0.6 is 0 Å². The van der Waals surface area contributed by atoms with Crippen LogP contribution in [-0.2, 0) is 21.2 Å². The summed E-state index contributed by atoms with van der Waals surface area (Å²) in [6.07, 6.45) is 0.945. The number of hydrogen-bond donors (Lipinski definition) is 1. The quantitative estimate of drug-likeness (QED) is 0.812. The van der Waals surface area contributed by atoms with E-state index in [-0.39, 0.29) is 10.8 Å². The third kappa shape index (κ3) is 3.95. The van der Waals surface area contributed by atoms with Crippen molar-refractivity contribution >= 4 is 27.3 Å². The van der Waals surface area contributed by atoms with Gasteiger partial charge < -0.3 is 15.0 Å². The van der Waals surface area contributed by atoms with Crippen molar-refractivity contribution in [2.45, 2.75) is 24.7 Å². The Bertz CT molecular complexity index is 1010. The van der Waals surface area contributed by atoms with Crippen LogP contribution in [0.1, 0.15) is 18.9 Å². The van der Waals surface area contributed by atoms with Crippen molar-refractivity contribution in [3.8, 4) is 5.75 Å². The van der Waals surface area contributed by atoms with Gasteiger partial charge in [-0.15, -0.1) is 0 Å². The van der Waals surface area contributed by atoms with E-state index in [1.54, 1.807) is 18.2 Å². The molecule has 1 saturated heterocycles. The second kappa shape index (κ2) is 8.04. The van der Waals surface area contributed by atoms with Gasteiger partial charge in [0.25, 0.3) is 0 Å². The van der Waals surface area contributed by atoms with Crippen LogP contribution in [0, 0.1) is 0 Å². The molecule has 1 fully saturated rings. The number of anilines is 2. The van der Waals surface area contributed by atoms with Crippen LogP contribution in [0.25, 0.3) is 0 Å². The van der Waals surface area contributed by atoms with Crippen LogP contribution in [0.15, 0.2) is 47.4 Å². The number of carbonyl (C=O) groups is 1. The number of para-hydroxylation sites is 2. The van der Waals surface area contributed by atoms with Gasteiger partial charge >= 0.3 is 0 Å². The number of amides is 1. The van der Waals surface area contributed by atoms with Gasteiger partial charge in [0.05, 0.1) is 17.2 Å². The first kappa shape index (κ1) is 19.7. The molecule has 0 bridgehead atoms. The molecule has 0 radical (unpaired) electrons. The zero-order valence-electron chi connectivity index (χ0n) is 16.4. The van der Waals surface area contributed by atoms with Crippen molar-refractivity contribution in [3.05, 3.63) is 48.0 Å². The summed E-state index contributed by atoms with van der Waals surface area (Å²) in [6.45, 7) is 4.57. The smallest absolute Gasteiger partial charge is 0.243 e. The number of rotatable bonds is 5. The molecule has 2 heterocycles. The normalized spacial score (nSPS) is 17.6. The highest BCUT2D eigenvalue weighted by molar-refractivity contribution is 7.89. The molecule has 29 heavy (non-hydrogen) atoms. The summed E-state index contributed by atoms with van der Waals surface area (Å²) < 4.78 is 33.5. The minimum absolute atomic E-state index is 0.0310. The van der Waals surface area contributed by atoms with E-state index in [0.717, 1.165) is 17.0 Å². The Morgan fingerprint density at radius 1 is 1.03 bits per heavy atom. The fourth-order valence-electron chi connectivity index (χ4n) is 3.83. The maximum absolute atomic E-state index is 13.1. The first-order chi connectivity index (χ1) is 14.0. The Morgan fingerprint density at radius 3 is 2.55 bits per heavy atom. The van der Waals surface area contributed by atoms with Gasteiger partial charge in [-0.2, -0.15) is 4.31 Å². The number of aryl methyl sites for hydroxylation is 1. The van der Waals surface area contributed by atoms with Gasteiger partial charge in [0.1, 0.15) is 5.75 Å². The number of sulfonamides is 1. The highest BCUT2D eigenvalue weighted by Crippen LogP contribution is 2.31. The third-order valence-electron chi connectivity index (χ3n) is 5.35. The number of nitrogens with one attached hydrogen (secondary N) is 1. The van der Waals surface area contributed by atoms with E-state index in [4.69, 9.17) is 4.74 Å². The summed E-state index contributed by atoms with van der Waals surface area (Å²) in [5.74, 6) is 0.791. The van der Waals surface area contributed by atoms with Crippen LogP contribution in [-0.4, -0.2) is 51.4 Å². The van der Waals surface area contributed by atoms with Gasteiger partial charge in [-0.3, -0.25) is 4.79 Å². The molecule has 1 amide bonds. The molecule has 2 aromatic carbocycles. The second-order valence-corrected chi connectivity index (χ2v) is 9.10. The summed E-state index contributed by atoms with van der Waals surface area (Å²) in [5.41, 5.74) is 2.57. The maximum atomic E-state index is 13.1. The van der Waals surface area contributed by atoms with Crippen LogP contribution in [0.4, 0.5) is 11.4 Å². The minimum atomic E-state index is -3.57. The van der Waals surface area contributed by atoms with Gasteiger partial charge in [-0.1, -0.05) is 12.1 Å². The monoisotopic (exact) mass is 415 g/mol. The lowest BCUT2D eigenvalue weighted by Gasteiger charge is -2.36. The molecule has 7 nitrogen and oxygen atoms in total. The lowest BCUT2D eigenvalue weighted by Crippen LogP contribution is -2.48. The van der Waals surface area contributed by atoms with Gasteiger partial charge in [-0.25, -0.2) is 8.42 Å². The molecule has 8 heteroatoms. The first-order valence-electron chi connectivity index (χ1n) is 9.89. The summed E-state index contributed by atoms with van der Waals surface area (Å²) in [6, 6.07) is 12.8. The lowest BCUT2D eigenvalue weighted by molar-refractivity contribution is -0.116. The number of nitrogens with zero attached hydrogens (tertiary/aromatic N) is 2. The average Bonchev–Trinajstić information content (AvgIpc) is 2.74. The number of piperazine rings is 1. The van der Waals surface area contributed by atoms with Crippen molar-refractivity contribution in [1.29, 1.82) is 0 Å². The van der Waals surface area contributed by atoms with E-state index in [2.05, 4.69) is 10.2 Å². The zero-order chi connectivity index (χ0) is 20.4. The molecule has 1 N–H and O–H groups in total. The molecular formula is C21H25N3O4S. The molecule has 0 spiro atoms. The van der Waals surface area contributed by atoms with Crippen molar-refractivity contribution in [1.82, 2.24) is 4.31 Å². The Labute approximate surface area is 171 Å². The standard InChI is InChI=1S/C21H25N3O4S/c1-2-28-20-6-4-3-5-19(20)23-11-13-24(14-12-23)29(26,27)17-8-9-18-16(15-17)7-10-21(25)22-18/h3-6,8-9,15H,2,7,10-14H2,1H3,(H,22,25). The Morgan fingerprint density at radius 2 is 1.79 bits per heavy atom. The molecule has 2 aliphatic heterocycles. The summed E-state index contributed by atoms with van der Waals surface area (Å²) in [5, 5.41) is 2.79. The molecule has 2 aliphatic rings. The molecule has 154 valence electrons. The molecular weight excluding hydrogens is 390 g/mol.